The summed E-state index contributed by atoms with van der Waals surface area (Å²) >= 11 is 0. The van der Waals surface area contributed by atoms with E-state index in [1.807, 2.05) is 27.7 Å². The van der Waals surface area contributed by atoms with Crippen LogP contribution in [0.4, 0.5) is 0 Å². The number of epoxide rings is 1. The van der Waals surface area contributed by atoms with E-state index in [0.29, 0.717) is 19.4 Å². The predicted molar refractivity (Wildman–Crippen MR) is 105 cm³/mol. The van der Waals surface area contributed by atoms with Gasteiger partial charge in [-0.2, -0.15) is 0 Å². The lowest BCUT2D eigenvalue weighted by molar-refractivity contribution is -0.192. The second-order valence-corrected chi connectivity index (χ2v) is 9.25. The van der Waals surface area contributed by atoms with Gasteiger partial charge in [0.1, 0.15) is 18.3 Å². The zero-order chi connectivity index (χ0) is 22.1. The Bertz CT molecular complexity index is 706. The van der Waals surface area contributed by atoms with Crippen molar-refractivity contribution in [3.63, 3.8) is 0 Å². The Balaban J connectivity index is 1.77. The molecule has 0 aromatic rings. The van der Waals surface area contributed by atoms with Crippen molar-refractivity contribution >= 4 is 17.9 Å². The van der Waals surface area contributed by atoms with Crippen LogP contribution in [-0.2, 0) is 38.1 Å². The van der Waals surface area contributed by atoms with Gasteiger partial charge in [0.15, 0.2) is 0 Å². The minimum atomic E-state index is -0.834. The first kappa shape index (κ1) is 22.6. The number of carbonyl (C=O) groups is 3. The molecular weight excluding hydrogens is 392 g/mol. The smallest absolute Gasteiger partial charge is 0.309 e. The summed E-state index contributed by atoms with van der Waals surface area (Å²) in [6, 6.07) is 0. The molecule has 5 atom stereocenters. The van der Waals surface area contributed by atoms with Crippen molar-refractivity contribution in [1.82, 2.24) is 0 Å². The molecule has 168 valence electrons. The average Bonchev–Trinajstić information content (AvgIpc) is 3.33. The molecule has 0 unspecified atom stereocenters. The first-order valence-corrected chi connectivity index (χ1v) is 10.6. The first-order valence-electron chi connectivity index (χ1n) is 10.6. The van der Waals surface area contributed by atoms with Gasteiger partial charge in [0.2, 0.25) is 6.29 Å². The third kappa shape index (κ3) is 4.96. The maximum absolute atomic E-state index is 12.3. The highest BCUT2D eigenvalue weighted by molar-refractivity contribution is 5.70. The number of fused-ring (bicyclic) bond motifs is 2. The summed E-state index contributed by atoms with van der Waals surface area (Å²) in [5, 5.41) is 0. The molecule has 2 fully saturated rings. The van der Waals surface area contributed by atoms with Crippen molar-refractivity contribution in [1.29, 1.82) is 0 Å². The first-order chi connectivity index (χ1) is 14.1. The monoisotopic (exact) mass is 424 g/mol. The van der Waals surface area contributed by atoms with Crippen LogP contribution < -0.4 is 0 Å². The molecule has 1 saturated carbocycles. The van der Waals surface area contributed by atoms with Crippen LogP contribution in [0.1, 0.15) is 53.9 Å². The van der Waals surface area contributed by atoms with Crippen molar-refractivity contribution in [2.24, 2.45) is 23.7 Å². The third-order valence-electron chi connectivity index (χ3n) is 5.72. The molecule has 0 aromatic heterocycles. The highest BCUT2D eigenvalue weighted by Crippen LogP contribution is 2.57. The molecule has 8 heteroatoms. The van der Waals surface area contributed by atoms with Crippen molar-refractivity contribution in [3.05, 3.63) is 11.8 Å². The van der Waals surface area contributed by atoms with Gasteiger partial charge in [-0.05, 0) is 18.3 Å². The molecule has 0 N–H and O–H groups in total. The van der Waals surface area contributed by atoms with Gasteiger partial charge in [-0.3, -0.25) is 14.4 Å². The fourth-order valence-electron chi connectivity index (χ4n) is 4.38. The lowest BCUT2D eigenvalue weighted by Gasteiger charge is -2.35. The minimum absolute atomic E-state index is 0.0856. The van der Waals surface area contributed by atoms with Crippen molar-refractivity contribution < 1.29 is 38.1 Å². The Morgan fingerprint density at radius 2 is 1.73 bits per heavy atom. The van der Waals surface area contributed by atoms with Crippen LogP contribution in [0.15, 0.2) is 11.8 Å². The average molecular weight is 424 g/mol. The van der Waals surface area contributed by atoms with E-state index in [9.17, 15) is 14.4 Å². The molecule has 1 spiro atoms. The highest BCUT2D eigenvalue weighted by atomic mass is 16.7. The van der Waals surface area contributed by atoms with Gasteiger partial charge in [-0.15, -0.1) is 0 Å². The van der Waals surface area contributed by atoms with Gasteiger partial charge in [-0.1, -0.05) is 27.7 Å². The summed E-state index contributed by atoms with van der Waals surface area (Å²) in [4.78, 5) is 35.9. The third-order valence-corrected chi connectivity index (χ3v) is 5.72. The Morgan fingerprint density at radius 3 is 2.30 bits per heavy atom. The van der Waals surface area contributed by atoms with Crippen LogP contribution in [0.25, 0.3) is 0 Å². The SMILES string of the molecule is CC(=O)O[C@H]1C[C@@H]2C(COC(=O)CC(C)C)=CO[C@@H](OC(=O)CC(C)C)[C@@H]2[C@@]12CO2. The number of ether oxygens (including phenoxy) is 5. The van der Waals surface area contributed by atoms with Crippen LogP contribution in [0.2, 0.25) is 0 Å². The molecule has 3 rings (SSSR count). The zero-order valence-electron chi connectivity index (χ0n) is 18.3. The van der Waals surface area contributed by atoms with Crippen molar-refractivity contribution in [2.75, 3.05) is 13.2 Å². The van der Waals surface area contributed by atoms with Crippen LogP contribution in [0, 0.1) is 23.7 Å². The number of hydrogen-bond acceptors (Lipinski definition) is 8. The van der Waals surface area contributed by atoms with Crippen LogP contribution in [-0.4, -0.2) is 49.1 Å². The highest BCUT2D eigenvalue weighted by Gasteiger charge is 2.70. The summed E-state index contributed by atoms with van der Waals surface area (Å²) in [5.41, 5.74) is 0.0402. The number of carbonyl (C=O) groups excluding carboxylic acids is 3. The van der Waals surface area contributed by atoms with E-state index >= 15 is 0 Å². The van der Waals surface area contributed by atoms with Crippen molar-refractivity contribution in [3.8, 4) is 0 Å². The van der Waals surface area contributed by atoms with Gasteiger partial charge in [0, 0.05) is 31.3 Å². The fourth-order valence-corrected chi connectivity index (χ4v) is 4.38. The normalized spacial score (nSPS) is 31.8. The quantitative estimate of drug-likeness (QED) is 0.333. The predicted octanol–water partition coefficient (Wildman–Crippen LogP) is 2.74. The Hall–Kier alpha value is -2.09. The van der Waals surface area contributed by atoms with E-state index in [1.165, 1.54) is 13.2 Å². The van der Waals surface area contributed by atoms with Crippen LogP contribution in [0.5, 0.6) is 0 Å². The van der Waals surface area contributed by atoms with E-state index in [2.05, 4.69) is 0 Å². The molecule has 3 aliphatic rings. The van der Waals surface area contributed by atoms with Crippen LogP contribution >= 0.6 is 0 Å². The molecule has 0 bridgehead atoms. The zero-order valence-corrected chi connectivity index (χ0v) is 18.3. The molecule has 30 heavy (non-hydrogen) atoms. The molecule has 0 amide bonds. The summed E-state index contributed by atoms with van der Waals surface area (Å²) in [7, 11) is 0. The second-order valence-electron chi connectivity index (χ2n) is 9.25. The van der Waals surface area contributed by atoms with E-state index < -0.39 is 24.0 Å². The fraction of sp³-hybridized carbons (Fsp3) is 0.773. The van der Waals surface area contributed by atoms with Crippen LogP contribution in [0.3, 0.4) is 0 Å². The van der Waals surface area contributed by atoms with Gasteiger partial charge in [0.05, 0.1) is 18.8 Å². The molecule has 0 radical (unpaired) electrons. The molecule has 1 aliphatic carbocycles. The molecule has 1 saturated heterocycles. The maximum atomic E-state index is 12.3. The number of hydrogen-bond donors (Lipinski definition) is 0. The summed E-state index contributed by atoms with van der Waals surface area (Å²) in [5.74, 6) is -1.13. The molecule has 2 heterocycles. The van der Waals surface area contributed by atoms with E-state index in [4.69, 9.17) is 23.7 Å². The minimum Gasteiger partial charge on any atom is -0.462 e. The molecular formula is C22H32O8. The largest absolute Gasteiger partial charge is 0.462 e. The second kappa shape index (κ2) is 8.96. The summed E-state index contributed by atoms with van der Waals surface area (Å²) in [6.07, 6.45) is 1.33. The van der Waals surface area contributed by atoms with E-state index in [0.717, 1.165) is 5.57 Å². The Kier molecular flexibility index (Phi) is 6.75. The molecule has 2 aliphatic heterocycles. The van der Waals surface area contributed by atoms with E-state index in [1.54, 1.807) is 0 Å². The van der Waals surface area contributed by atoms with Gasteiger partial charge >= 0.3 is 17.9 Å². The summed E-state index contributed by atoms with van der Waals surface area (Å²) in [6.45, 7) is 9.62. The summed E-state index contributed by atoms with van der Waals surface area (Å²) < 4.78 is 28.2. The topological polar surface area (TPSA) is 101 Å². The van der Waals surface area contributed by atoms with Gasteiger partial charge in [-0.25, -0.2) is 0 Å². The van der Waals surface area contributed by atoms with Crippen molar-refractivity contribution in [2.45, 2.75) is 71.9 Å². The maximum Gasteiger partial charge on any atom is 0.309 e. The van der Waals surface area contributed by atoms with Gasteiger partial charge in [0.25, 0.3) is 0 Å². The lowest BCUT2D eigenvalue weighted by Crippen LogP contribution is -2.45. The molecule has 0 aromatic carbocycles. The lowest BCUT2D eigenvalue weighted by atomic mass is 9.83. The number of rotatable bonds is 8. The van der Waals surface area contributed by atoms with Gasteiger partial charge < -0.3 is 23.7 Å². The standard InChI is InChI=1S/C22H32O8/c1-12(2)6-18(24)26-9-15-10-27-21(30-19(25)7-13(3)4)20-16(15)8-17(29-14(5)23)22(20)11-28-22/h10,12-13,16-17,20-21H,6-9,11H2,1-5H3/t16-,17+,20-,21+,22-/m1/s1. The molecule has 8 nitrogen and oxygen atoms in total. The Labute approximate surface area is 177 Å². The Morgan fingerprint density at radius 1 is 1.10 bits per heavy atom. The number of esters is 3. The van der Waals surface area contributed by atoms with E-state index in [-0.39, 0.29) is 48.6 Å².